The Morgan fingerprint density at radius 3 is 0.839 bits per heavy atom. The van der Waals surface area contributed by atoms with Crippen LogP contribution in [0.4, 0.5) is 0 Å². The monoisotopic (exact) mass is 772 g/mol. The molecule has 0 heterocycles. The fourth-order valence-corrected chi connectivity index (χ4v) is 6.58. The van der Waals surface area contributed by atoms with Crippen molar-refractivity contribution in [1.29, 1.82) is 0 Å². The van der Waals surface area contributed by atoms with E-state index in [1.54, 1.807) is 52.7 Å². The lowest BCUT2D eigenvalue weighted by Gasteiger charge is -2.24. The molecule has 4 N–H and O–H groups in total. The molecule has 0 saturated carbocycles. The van der Waals surface area contributed by atoms with Crippen molar-refractivity contribution in [1.82, 2.24) is 0 Å². The second-order valence-electron chi connectivity index (χ2n) is 13.5. The van der Waals surface area contributed by atoms with E-state index in [0.29, 0.717) is 50.0 Å². The molecule has 0 aliphatic carbocycles. The smallest absolute Gasteiger partial charge is 0.307 e. The molecule has 0 unspecified atom stereocenters. The number of hydrogen-bond acceptors (Lipinski definition) is 8. The van der Waals surface area contributed by atoms with E-state index < -0.39 is 35.7 Å². The van der Waals surface area contributed by atoms with Crippen LogP contribution in [-0.2, 0) is 44.9 Å². The van der Waals surface area contributed by atoms with Gasteiger partial charge in [-0.05, 0) is 121 Å². The molecule has 56 heavy (non-hydrogen) atoms. The maximum Gasteiger partial charge on any atom is 0.307 e. The van der Waals surface area contributed by atoms with Crippen LogP contribution in [-0.4, -0.2) is 72.7 Å². The first-order valence-electron chi connectivity index (χ1n) is 18.3. The Bertz CT molecular complexity index is 1670. The molecule has 12 heteroatoms. The van der Waals surface area contributed by atoms with E-state index in [1.807, 2.05) is 72.8 Å². The number of benzene rings is 4. The molecule has 0 aromatic heterocycles. The molecule has 4 aromatic rings. The Kier molecular flexibility index (Phi) is 18.2. The first kappa shape index (κ1) is 44.4. The Morgan fingerprint density at radius 2 is 0.643 bits per heavy atom. The summed E-state index contributed by atoms with van der Waals surface area (Å²) in [7, 11) is 6.32. The van der Waals surface area contributed by atoms with Crippen LogP contribution in [0.1, 0.15) is 47.9 Å². The molecule has 0 aliphatic heterocycles. The highest BCUT2D eigenvalue weighted by molar-refractivity contribution is 5.72. The van der Waals surface area contributed by atoms with E-state index >= 15 is 0 Å². The van der Waals surface area contributed by atoms with Gasteiger partial charge in [0.15, 0.2) is 0 Å². The van der Waals surface area contributed by atoms with E-state index in [0.717, 1.165) is 33.8 Å². The van der Waals surface area contributed by atoms with Crippen molar-refractivity contribution in [2.24, 2.45) is 23.7 Å². The molecule has 0 radical (unpaired) electrons. The van der Waals surface area contributed by atoms with E-state index in [9.17, 15) is 29.4 Å². The van der Waals surface area contributed by atoms with Crippen molar-refractivity contribution < 1.29 is 58.6 Å². The summed E-state index contributed by atoms with van der Waals surface area (Å²) in [6.07, 6.45) is 2.12. The normalized spacial score (nSPS) is 12.8. The van der Waals surface area contributed by atoms with Gasteiger partial charge >= 0.3 is 23.9 Å². The van der Waals surface area contributed by atoms with Crippen LogP contribution < -0.4 is 18.9 Å². The molecular formula is C44H52O12. The second-order valence-corrected chi connectivity index (χ2v) is 13.5. The van der Waals surface area contributed by atoms with Crippen LogP contribution in [0.15, 0.2) is 97.1 Å². The molecule has 300 valence electrons. The summed E-state index contributed by atoms with van der Waals surface area (Å²) in [6, 6.07) is 29.4. The molecule has 0 spiro atoms. The summed E-state index contributed by atoms with van der Waals surface area (Å²) in [5.74, 6) is -2.80. The van der Waals surface area contributed by atoms with Gasteiger partial charge in [-0.15, -0.1) is 0 Å². The number of methoxy groups -OCH3 is 4. The summed E-state index contributed by atoms with van der Waals surface area (Å²) in [6.45, 7) is 0. The minimum Gasteiger partial charge on any atom is -0.497 e. The second kappa shape index (κ2) is 23.0. The first-order chi connectivity index (χ1) is 26.8. The van der Waals surface area contributed by atoms with E-state index in [2.05, 4.69) is 0 Å². The van der Waals surface area contributed by atoms with Gasteiger partial charge in [0.1, 0.15) is 23.0 Å². The summed E-state index contributed by atoms with van der Waals surface area (Å²) in [5, 5.41) is 37.9. The average molecular weight is 773 g/mol. The van der Waals surface area contributed by atoms with E-state index in [1.165, 1.54) is 0 Å². The van der Waals surface area contributed by atoms with Crippen LogP contribution in [0.5, 0.6) is 23.0 Å². The summed E-state index contributed by atoms with van der Waals surface area (Å²) in [4.78, 5) is 46.2. The summed E-state index contributed by atoms with van der Waals surface area (Å²) < 4.78 is 20.6. The molecule has 0 saturated heterocycles. The Morgan fingerprint density at radius 1 is 0.411 bits per heavy atom. The van der Waals surface area contributed by atoms with Gasteiger partial charge in [-0.2, -0.15) is 0 Å². The van der Waals surface area contributed by atoms with Crippen LogP contribution in [0.2, 0.25) is 0 Å². The number of carboxylic acid groups (broad SMARTS) is 4. The maximum absolute atomic E-state index is 12.0. The third kappa shape index (κ3) is 15.0. The largest absolute Gasteiger partial charge is 0.497 e. The standard InChI is InChI=1S/2C22H26O6/c2*1-27-18-8-3-15(4-9-18)13-17(7-12-21(23)24)20(22(25)26)14-16-5-10-19(28-2)11-6-16/h2*3-6,8-11,17,20H,7,12-14H2,1-2H3,(H,23,24)(H,25,26)/t2*17-,20-/m10/s1. The lowest BCUT2D eigenvalue weighted by atomic mass is 9.80. The van der Waals surface area contributed by atoms with Crippen LogP contribution in [0.3, 0.4) is 0 Å². The lowest BCUT2D eigenvalue weighted by molar-refractivity contribution is -0.145. The van der Waals surface area contributed by atoms with Crippen LogP contribution >= 0.6 is 0 Å². The van der Waals surface area contributed by atoms with Crippen molar-refractivity contribution in [2.75, 3.05) is 28.4 Å². The van der Waals surface area contributed by atoms with Gasteiger partial charge in [0.2, 0.25) is 0 Å². The highest BCUT2D eigenvalue weighted by Crippen LogP contribution is 2.30. The van der Waals surface area contributed by atoms with Crippen LogP contribution in [0, 0.1) is 23.7 Å². The Labute approximate surface area is 327 Å². The third-order valence-corrected chi connectivity index (χ3v) is 9.77. The fraction of sp³-hybridized carbons (Fsp3) is 0.364. The minimum absolute atomic E-state index is 0.0623. The number of carboxylic acids is 4. The van der Waals surface area contributed by atoms with Gasteiger partial charge in [0.05, 0.1) is 40.3 Å². The van der Waals surface area contributed by atoms with Gasteiger partial charge < -0.3 is 39.4 Å². The highest BCUT2D eigenvalue weighted by Gasteiger charge is 2.30. The molecule has 0 amide bonds. The topological polar surface area (TPSA) is 186 Å². The highest BCUT2D eigenvalue weighted by atomic mass is 16.5. The molecular weight excluding hydrogens is 720 g/mol. The summed E-state index contributed by atoms with van der Waals surface area (Å²) in [5.41, 5.74) is 3.67. The quantitative estimate of drug-likeness (QED) is 0.0624. The van der Waals surface area contributed by atoms with Gasteiger partial charge in [0.25, 0.3) is 0 Å². The number of ether oxygens (including phenoxy) is 4. The molecule has 0 aliphatic rings. The zero-order valence-corrected chi connectivity index (χ0v) is 32.3. The van der Waals surface area contributed by atoms with E-state index in [-0.39, 0.29) is 24.7 Å². The predicted octanol–water partition coefficient (Wildman–Crippen LogP) is 7.34. The molecule has 4 rings (SSSR count). The van der Waals surface area contributed by atoms with Crippen molar-refractivity contribution in [3.05, 3.63) is 119 Å². The molecule has 4 atom stereocenters. The zero-order chi connectivity index (χ0) is 41.0. The van der Waals surface area contributed by atoms with Crippen molar-refractivity contribution in [2.45, 2.75) is 51.4 Å². The van der Waals surface area contributed by atoms with Gasteiger partial charge in [-0.1, -0.05) is 48.5 Å². The molecule has 4 aromatic carbocycles. The van der Waals surface area contributed by atoms with Gasteiger partial charge in [-0.25, -0.2) is 0 Å². The Balaban J connectivity index is 0.000000300. The lowest BCUT2D eigenvalue weighted by Crippen LogP contribution is -2.28. The number of hydrogen-bond donors (Lipinski definition) is 4. The first-order valence-corrected chi connectivity index (χ1v) is 18.3. The third-order valence-electron chi connectivity index (χ3n) is 9.77. The van der Waals surface area contributed by atoms with Gasteiger partial charge in [-0.3, -0.25) is 19.2 Å². The number of rotatable bonds is 22. The molecule has 0 fully saturated rings. The van der Waals surface area contributed by atoms with Crippen LogP contribution in [0.25, 0.3) is 0 Å². The minimum atomic E-state index is -0.923. The zero-order valence-electron chi connectivity index (χ0n) is 32.3. The van der Waals surface area contributed by atoms with Crippen molar-refractivity contribution in [3.63, 3.8) is 0 Å². The summed E-state index contributed by atoms with van der Waals surface area (Å²) >= 11 is 0. The Hall–Kier alpha value is -6.04. The predicted molar refractivity (Wildman–Crippen MR) is 210 cm³/mol. The fourth-order valence-electron chi connectivity index (χ4n) is 6.58. The SMILES string of the molecule is COc1ccc(C[C@@H](CCC(=O)O)[C@@H](Cc2ccc(OC)cc2)C(=O)O)cc1.COc1ccc(C[C@H](CCC(=O)O)[C@H](Cc2ccc(OC)cc2)C(=O)O)cc1. The molecule has 0 bridgehead atoms. The van der Waals surface area contributed by atoms with E-state index in [4.69, 9.17) is 29.2 Å². The number of aliphatic carboxylic acids is 4. The van der Waals surface area contributed by atoms with Gasteiger partial charge in [0, 0.05) is 12.8 Å². The number of carbonyl (C=O) groups is 4. The van der Waals surface area contributed by atoms with Crippen molar-refractivity contribution in [3.8, 4) is 23.0 Å². The average Bonchev–Trinajstić information content (AvgIpc) is 3.20. The maximum atomic E-state index is 12.0. The van der Waals surface area contributed by atoms with Crippen molar-refractivity contribution >= 4 is 23.9 Å². The molecule has 12 nitrogen and oxygen atoms in total.